The van der Waals surface area contributed by atoms with E-state index in [-0.39, 0.29) is 20.1 Å². The van der Waals surface area contributed by atoms with Crippen LogP contribution in [0, 0.1) is 18.2 Å². The van der Waals surface area contributed by atoms with E-state index < -0.39 is 0 Å². The fraction of sp³-hybridized carbons (Fsp3) is 0. The maximum absolute atomic E-state index is 4.80. The Labute approximate surface area is 396 Å². The molecule has 0 saturated carbocycles. The van der Waals surface area contributed by atoms with Gasteiger partial charge in [-0.3, -0.25) is 0 Å². The fourth-order valence-corrected chi connectivity index (χ4v) is 9.12. The van der Waals surface area contributed by atoms with Crippen LogP contribution in [-0.4, -0.2) is 24.3 Å². The Morgan fingerprint density at radius 1 is 0.379 bits per heavy atom. The van der Waals surface area contributed by atoms with E-state index in [1.54, 1.807) is 0 Å². The molecule has 5 heterocycles. The van der Waals surface area contributed by atoms with Crippen molar-refractivity contribution in [3.63, 3.8) is 0 Å². The van der Waals surface area contributed by atoms with Crippen molar-refractivity contribution >= 4 is 27.3 Å². The van der Waals surface area contributed by atoms with Gasteiger partial charge >= 0.3 is 20.1 Å². The monoisotopic (exact) mass is 1020 g/mol. The standard InChI is InChI=1S/C60H36N5.Ir/c1-4-15-51(48(12-1)40-21-25-42(26-22-40)56-19-7-9-31-62-56)45-34-46(52-16-5-2-13-49(52)41-23-27-43(28-24-41)57-20-8-10-32-63-57)36-47(35-45)53-17-6-3-14-50(53)44-29-30-55-58(37-44)65-39-61-38-59(65)54-18-11-33-64-60(54)55;/h1-25,27,29,31-39H;/q-3;+3. The zero-order chi connectivity index (χ0) is 43.1. The van der Waals surface area contributed by atoms with Gasteiger partial charge < -0.3 is 19.4 Å². The van der Waals surface area contributed by atoms with E-state index >= 15 is 0 Å². The molecule has 0 amide bonds. The summed E-state index contributed by atoms with van der Waals surface area (Å²) in [6.45, 7) is 0. The molecule has 0 aliphatic rings. The summed E-state index contributed by atoms with van der Waals surface area (Å²) in [7, 11) is 0. The Balaban J connectivity index is 0.00000481. The summed E-state index contributed by atoms with van der Waals surface area (Å²) in [5, 5.41) is 2.01. The average Bonchev–Trinajstić information content (AvgIpc) is 3.90. The minimum atomic E-state index is 0. The molecule has 0 unspecified atom stereocenters. The number of pyridine rings is 4. The zero-order valence-corrected chi connectivity index (χ0v) is 37.7. The minimum Gasteiger partial charge on any atom is -0.341 e. The molecule has 66 heavy (non-hydrogen) atoms. The Bertz CT molecular complexity index is 3550. The van der Waals surface area contributed by atoms with E-state index in [2.05, 4.69) is 183 Å². The van der Waals surface area contributed by atoms with Crippen molar-refractivity contribution < 1.29 is 20.1 Å². The van der Waals surface area contributed by atoms with Crippen LogP contribution in [-0.2, 0) is 20.1 Å². The predicted molar refractivity (Wildman–Crippen MR) is 264 cm³/mol. The first kappa shape index (κ1) is 40.6. The number of imidazole rings is 1. The first-order chi connectivity index (χ1) is 32.2. The van der Waals surface area contributed by atoms with Gasteiger partial charge in [0, 0.05) is 18.6 Å². The SMILES string of the molecule is [Ir+3].[c-]1cc(-c2ccccc2-c2cc(-c3ccccc3-c3c[c-]c(-c4ccccn4)cc3)cc(-c3ccccc3-c3c[c-]c4c5ncccc5c5cncn5c4c3)c2)ccc1-c1ccccn1. The van der Waals surface area contributed by atoms with Crippen molar-refractivity contribution in [1.29, 1.82) is 0 Å². The average molecular weight is 1020 g/mol. The molecule has 7 aromatic carbocycles. The third kappa shape index (κ3) is 7.38. The van der Waals surface area contributed by atoms with Crippen LogP contribution >= 0.6 is 0 Å². The second-order valence-corrected chi connectivity index (χ2v) is 16.0. The van der Waals surface area contributed by atoms with Crippen LogP contribution in [0.1, 0.15) is 0 Å². The Morgan fingerprint density at radius 2 is 0.848 bits per heavy atom. The van der Waals surface area contributed by atoms with Crippen molar-refractivity contribution in [1.82, 2.24) is 24.3 Å². The van der Waals surface area contributed by atoms with E-state index in [1.807, 2.05) is 73.6 Å². The van der Waals surface area contributed by atoms with E-state index in [9.17, 15) is 0 Å². The quantitative estimate of drug-likeness (QED) is 0.112. The van der Waals surface area contributed by atoms with E-state index in [0.29, 0.717) is 0 Å². The maximum atomic E-state index is 4.80. The Morgan fingerprint density at radius 3 is 1.33 bits per heavy atom. The van der Waals surface area contributed by atoms with Gasteiger partial charge in [-0.15, -0.1) is 83.2 Å². The van der Waals surface area contributed by atoms with Crippen LogP contribution in [0.25, 0.3) is 117 Å². The summed E-state index contributed by atoms with van der Waals surface area (Å²) in [5.74, 6) is 0. The van der Waals surface area contributed by atoms with Crippen LogP contribution in [0.2, 0.25) is 0 Å². The van der Waals surface area contributed by atoms with Crippen LogP contribution in [0.15, 0.2) is 219 Å². The molecular formula is C60H36IrN5. The van der Waals surface area contributed by atoms with Gasteiger partial charge in [-0.1, -0.05) is 137 Å². The molecule has 0 N–H and O–H groups in total. The third-order valence-corrected chi connectivity index (χ3v) is 12.2. The summed E-state index contributed by atoms with van der Waals surface area (Å²) in [5.41, 5.74) is 19.9. The molecule has 6 heteroatoms. The molecule has 0 saturated heterocycles. The van der Waals surface area contributed by atoms with Gasteiger partial charge in [0.15, 0.2) is 0 Å². The molecule has 5 aromatic heterocycles. The molecule has 5 nitrogen and oxygen atoms in total. The number of fused-ring (bicyclic) bond motifs is 6. The Hall–Kier alpha value is -8.15. The first-order valence-corrected chi connectivity index (χ1v) is 21.6. The van der Waals surface area contributed by atoms with Crippen LogP contribution in [0.3, 0.4) is 0 Å². The van der Waals surface area contributed by atoms with E-state index in [0.717, 1.165) is 117 Å². The molecule has 12 aromatic rings. The van der Waals surface area contributed by atoms with Gasteiger partial charge in [0.05, 0.1) is 18.0 Å². The number of rotatable bonds is 8. The van der Waals surface area contributed by atoms with Gasteiger partial charge in [0.1, 0.15) is 0 Å². The largest absolute Gasteiger partial charge is 3.00 e. The number of hydrogen-bond donors (Lipinski definition) is 0. The van der Waals surface area contributed by atoms with E-state index in [1.165, 1.54) is 0 Å². The molecule has 0 aliphatic heterocycles. The molecule has 12 rings (SSSR count). The van der Waals surface area contributed by atoms with Gasteiger partial charge in [0.2, 0.25) is 0 Å². The van der Waals surface area contributed by atoms with Gasteiger partial charge in [-0.2, -0.15) is 0 Å². The third-order valence-electron chi connectivity index (χ3n) is 12.2. The molecule has 0 atom stereocenters. The predicted octanol–water partition coefficient (Wildman–Crippen LogP) is 14.6. The summed E-state index contributed by atoms with van der Waals surface area (Å²) in [6.07, 6.45) is 9.27. The summed E-state index contributed by atoms with van der Waals surface area (Å²) < 4.78 is 2.15. The number of aromatic nitrogens is 5. The zero-order valence-electron chi connectivity index (χ0n) is 35.4. The number of hydrogen-bond acceptors (Lipinski definition) is 4. The number of nitrogens with zero attached hydrogens (tertiary/aromatic N) is 5. The second kappa shape index (κ2) is 17.4. The van der Waals surface area contributed by atoms with Crippen molar-refractivity contribution in [2.75, 3.05) is 0 Å². The normalized spacial score (nSPS) is 11.2. The minimum absolute atomic E-state index is 0. The van der Waals surface area contributed by atoms with Gasteiger partial charge in [-0.05, 0) is 97.6 Å². The molecule has 0 bridgehead atoms. The van der Waals surface area contributed by atoms with Crippen LogP contribution in [0.4, 0.5) is 0 Å². The van der Waals surface area contributed by atoms with Crippen molar-refractivity contribution in [3.05, 3.63) is 237 Å². The summed E-state index contributed by atoms with van der Waals surface area (Å²) >= 11 is 0. The molecule has 0 aliphatic carbocycles. The maximum Gasteiger partial charge on any atom is 3.00 e. The molecular weight excluding hydrogens is 983 g/mol. The number of benzene rings is 7. The fourth-order valence-electron chi connectivity index (χ4n) is 9.12. The van der Waals surface area contributed by atoms with Crippen LogP contribution in [0.5, 0.6) is 0 Å². The van der Waals surface area contributed by atoms with Crippen molar-refractivity contribution in [2.24, 2.45) is 0 Å². The first-order valence-electron chi connectivity index (χ1n) is 21.6. The van der Waals surface area contributed by atoms with Crippen molar-refractivity contribution in [2.45, 2.75) is 0 Å². The second-order valence-electron chi connectivity index (χ2n) is 16.0. The topological polar surface area (TPSA) is 56.0 Å². The summed E-state index contributed by atoms with van der Waals surface area (Å²) in [4.78, 5) is 18.5. The molecule has 0 fully saturated rings. The molecule has 0 spiro atoms. The summed E-state index contributed by atoms with van der Waals surface area (Å²) in [6, 6.07) is 76.7. The van der Waals surface area contributed by atoms with E-state index in [4.69, 9.17) is 4.98 Å². The van der Waals surface area contributed by atoms with Crippen LogP contribution < -0.4 is 0 Å². The van der Waals surface area contributed by atoms with Crippen molar-refractivity contribution in [3.8, 4) is 89.3 Å². The molecule has 310 valence electrons. The Kier molecular flexibility index (Phi) is 10.7. The van der Waals surface area contributed by atoms with Gasteiger partial charge in [-0.25, -0.2) is 4.98 Å². The van der Waals surface area contributed by atoms with Gasteiger partial charge in [0.25, 0.3) is 0 Å². The smallest absolute Gasteiger partial charge is 0.341 e. The molecule has 0 radical (unpaired) electrons.